The largest absolute Gasteiger partial charge is 3.00 e. The van der Waals surface area contributed by atoms with Gasteiger partial charge in [-0.25, -0.2) is 21.3 Å². The molecule has 0 bridgehead atoms. The van der Waals surface area contributed by atoms with Gasteiger partial charge in [-0.05, 0) is 21.3 Å². The SMILES string of the molecule is CCC.[CH2-]OC.[CH2-]OC.[CH2-]OC.[Cr+3]. The Morgan fingerprint density at radius 3 is 0.769 bits per heavy atom. The first-order valence-electron chi connectivity index (χ1n) is 3.50. The average Bonchev–Trinajstić information content (AvgIpc) is 1.92. The molecule has 0 saturated heterocycles. The van der Waals surface area contributed by atoms with E-state index in [2.05, 4.69) is 49.4 Å². The minimum absolute atomic E-state index is 0. The fraction of sp³-hybridized carbons (Fsp3) is 0.667. The summed E-state index contributed by atoms with van der Waals surface area (Å²) in [6, 6.07) is 0. The van der Waals surface area contributed by atoms with Crippen molar-refractivity contribution in [1.82, 2.24) is 0 Å². The molecule has 0 heterocycles. The molecular weight excluding hydrogens is 208 g/mol. The fourth-order valence-corrected chi connectivity index (χ4v) is 0. The van der Waals surface area contributed by atoms with Crippen molar-refractivity contribution < 1.29 is 31.6 Å². The number of rotatable bonds is 0. The summed E-state index contributed by atoms with van der Waals surface area (Å²) >= 11 is 0. The molecule has 0 rings (SSSR count). The van der Waals surface area contributed by atoms with E-state index in [0.717, 1.165) is 0 Å². The summed E-state index contributed by atoms with van der Waals surface area (Å²) in [6.45, 7) is 4.25. The molecule has 0 aliphatic carbocycles. The van der Waals surface area contributed by atoms with Crippen molar-refractivity contribution in [3.63, 3.8) is 0 Å². The Hall–Kier alpha value is 0.412. The van der Waals surface area contributed by atoms with Crippen molar-refractivity contribution in [2.24, 2.45) is 0 Å². The third-order valence-electron chi connectivity index (χ3n) is 0. The molecule has 0 aliphatic rings. The van der Waals surface area contributed by atoms with Gasteiger partial charge in [-0.15, -0.1) is 0 Å². The second kappa shape index (κ2) is 83.0. The van der Waals surface area contributed by atoms with Gasteiger partial charge >= 0.3 is 17.4 Å². The van der Waals surface area contributed by atoms with Gasteiger partial charge in [-0.1, -0.05) is 20.3 Å². The maximum absolute atomic E-state index is 4.00. The van der Waals surface area contributed by atoms with E-state index in [1.807, 2.05) is 0 Å². The molecule has 83 valence electrons. The van der Waals surface area contributed by atoms with Crippen LogP contribution in [0.25, 0.3) is 0 Å². The van der Waals surface area contributed by atoms with E-state index in [4.69, 9.17) is 0 Å². The molecule has 0 aromatic carbocycles. The molecule has 13 heavy (non-hydrogen) atoms. The topological polar surface area (TPSA) is 27.7 Å². The van der Waals surface area contributed by atoms with Crippen LogP contribution in [0, 0.1) is 21.3 Å². The van der Waals surface area contributed by atoms with Crippen LogP contribution in [0.3, 0.4) is 0 Å². The van der Waals surface area contributed by atoms with Gasteiger partial charge < -0.3 is 14.2 Å². The zero-order chi connectivity index (χ0) is 10.8. The zero-order valence-corrected chi connectivity index (χ0v) is 10.7. The molecule has 0 unspecified atom stereocenters. The van der Waals surface area contributed by atoms with E-state index in [9.17, 15) is 0 Å². The summed E-state index contributed by atoms with van der Waals surface area (Å²) in [5, 5.41) is 0. The summed E-state index contributed by atoms with van der Waals surface area (Å²) < 4.78 is 12.0. The predicted molar refractivity (Wildman–Crippen MR) is 53.1 cm³/mol. The maximum atomic E-state index is 4.00. The zero-order valence-electron chi connectivity index (χ0n) is 9.46. The Bertz CT molecular complexity index is 22.8. The summed E-state index contributed by atoms with van der Waals surface area (Å²) in [4.78, 5) is 0. The van der Waals surface area contributed by atoms with Gasteiger partial charge in [0.05, 0.1) is 0 Å². The van der Waals surface area contributed by atoms with Crippen molar-refractivity contribution in [3.8, 4) is 0 Å². The Labute approximate surface area is 94.9 Å². The second-order valence-electron chi connectivity index (χ2n) is 1.57. The molecule has 0 aromatic rings. The molecule has 0 saturated carbocycles. The monoisotopic (exact) mass is 231 g/mol. The minimum Gasteiger partial charge on any atom is -0.557 e. The van der Waals surface area contributed by atoms with E-state index in [0.29, 0.717) is 0 Å². The van der Waals surface area contributed by atoms with E-state index in [1.54, 1.807) is 0 Å². The van der Waals surface area contributed by atoms with Crippen LogP contribution in [0.15, 0.2) is 0 Å². The van der Waals surface area contributed by atoms with Gasteiger partial charge in [-0.3, -0.25) is 0 Å². The third-order valence-corrected chi connectivity index (χ3v) is 0. The fourth-order valence-electron chi connectivity index (χ4n) is 0. The maximum Gasteiger partial charge on any atom is 3.00 e. The summed E-state index contributed by atoms with van der Waals surface area (Å²) in [7, 11) is 13.5. The van der Waals surface area contributed by atoms with E-state index < -0.39 is 0 Å². The molecule has 0 aromatic heterocycles. The van der Waals surface area contributed by atoms with E-state index in [-0.39, 0.29) is 17.4 Å². The van der Waals surface area contributed by atoms with Gasteiger partial charge in [0.25, 0.3) is 0 Å². The first-order valence-corrected chi connectivity index (χ1v) is 3.50. The second-order valence-corrected chi connectivity index (χ2v) is 1.57. The molecule has 3 nitrogen and oxygen atoms in total. The first-order chi connectivity index (χ1) is 5.66. The molecule has 0 aliphatic heterocycles. The molecule has 4 heteroatoms. The predicted octanol–water partition coefficient (Wildman–Crippen LogP) is 2.69. The first kappa shape index (κ1) is 29.2. The van der Waals surface area contributed by atoms with Gasteiger partial charge in [-0.2, -0.15) is 0 Å². The van der Waals surface area contributed by atoms with Crippen LogP contribution in [-0.4, -0.2) is 21.3 Å². The van der Waals surface area contributed by atoms with Gasteiger partial charge in [0.2, 0.25) is 0 Å². The number of methoxy groups -OCH3 is 3. The molecular formula is C9H23CrO3. The molecule has 1 radical (unpaired) electrons. The van der Waals surface area contributed by atoms with Crippen LogP contribution in [0.5, 0.6) is 0 Å². The van der Waals surface area contributed by atoms with Crippen LogP contribution in [0.4, 0.5) is 0 Å². The van der Waals surface area contributed by atoms with Gasteiger partial charge in [0.15, 0.2) is 0 Å². The Morgan fingerprint density at radius 2 is 0.769 bits per heavy atom. The van der Waals surface area contributed by atoms with Crippen molar-refractivity contribution >= 4 is 0 Å². The molecule has 0 atom stereocenters. The van der Waals surface area contributed by atoms with Crippen LogP contribution in [-0.2, 0) is 31.6 Å². The van der Waals surface area contributed by atoms with Crippen LogP contribution in [0.1, 0.15) is 20.3 Å². The number of hydrogen-bond acceptors (Lipinski definition) is 3. The van der Waals surface area contributed by atoms with E-state index >= 15 is 0 Å². The Balaban J connectivity index is -0.0000000213. The number of ether oxygens (including phenoxy) is 3. The Kier molecular flexibility index (Phi) is 187. The van der Waals surface area contributed by atoms with Crippen LogP contribution in [0.2, 0.25) is 0 Å². The molecule has 0 spiro atoms. The standard InChI is InChI=1S/C3H8.3C2H5O.Cr/c4*1-3-2;/h3H2,1-2H3;3*1H2,2H3;/q;3*-1;+3. The van der Waals surface area contributed by atoms with Crippen molar-refractivity contribution in [2.75, 3.05) is 21.3 Å². The molecule has 0 amide bonds. The summed E-state index contributed by atoms with van der Waals surface area (Å²) in [6.07, 6.45) is 1.25. The smallest absolute Gasteiger partial charge is 0.557 e. The number of hydrogen-bond donors (Lipinski definition) is 0. The summed E-state index contributed by atoms with van der Waals surface area (Å²) in [5.41, 5.74) is 0. The van der Waals surface area contributed by atoms with Crippen LogP contribution >= 0.6 is 0 Å². The van der Waals surface area contributed by atoms with Gasteiger partial charge in [0.1, 0.15) is 0 Å². The third kappa shape index (κ3) is 7910. The molecule has 0 fully saturated rings. The Morgan fingerprint density at radius 1 is 0.769 bits per heavy atom. The quantitative estimate of drug-likeness (QED) is 0.600. The summed E-state index contributed by atoms with van der Waals surface area (Å²) in [5.74, 6) is 0. The normalized spacial score (nSPS) is 5.54. The van der Waals surface area contributed by atoms with Crippen molar-refractivity contribution in [2.45, 2.75) is 20.3 Å². The van der Waals surface area contributed by atoms with E-state index in [1.165, 1.54) is 27.8 Å². The average molecular weight is 231 g/mol. The van der Waals surface area contributed by atoms with Gasteiger partial charge in [0, 0.05) is 0 Å². The molecule has 0 N–H and O–H groups in total. The van der Waals surface area contributed by atoms with Crippen molar-refractivity contribution in [3.05, 3.63) is 21.3 Å². The van der Waals surface area contributed by atoms with Crippen LogP contribution < -0.4 is 0 Å². The van der Waals surface area contributed by atoms with Crippen molar-refractivity contribution in [1.29, 1.82) is 0 Å². The minimum atomic E-state index is 0.